The maximum Gasteiger partial charge on any atom is 0.305 e. The normalized spacial score (nSPS) is 16.3. The number of halogens is 1. The van der Waals surface area contributed by atoms with Gasteiger partial charge >= 0.3 is 5.97 Å². The largest absolute Gasteiger partial charge is 0.492 e. The van der Waals surface area contributed by atoms with Crippen LogP contribution in [-0.2, 0) is 4.79 Å². The van der Waals surface area contributed by atoms with Crippen LogP contribution in [0.25, 0.3) is 0 Å². The van der Waals surface area contributed by atoms with Crippen LogP contribution in [0.1, 0.15) is 30.9 Å². The quantitative estimate of drug-likeness (QED) is 0.847. The summed E-state index contributed by atoms with van der Waals surface area (Å²) in [6.45, 7) is 0.676. The molecule has 0 saturated heterocycles. The molecule has 4 nitrogen and oxygen atoms in total. The summed E-state index contributed by atoms with van der Waals surface area (Å²) in [5.41, 5.74) is 6.65. The highest BCUT2D eigenvalue weighted by Gasteiger charge is 2.24. The van der Waals surface area contributed by atoms with Crippen molar-refractivity contribution in [1.29, 1.82) is 0 Å². The molecule has 0 radical (unpaired) electrons. The minimum absolute atomic E-state index is 0.101. The van der Waals surface area contributed by atoms with E-state index in [4.69, 9.17) is 15.6 Å². The average molecular weight is 314 g/mol. The lowest BCUT2D eigenvalue weighted by Crippen LogP contribution is -2.16. The first kappa shape index (κ1) is 13.4. The Morgan fingerprint density at radius 2 is 2.28 bits per heavy atom. The number of benzene rings is 1. The van der Waals surface area contributed by atoms with Crippen molar-refractivity contribution >= 4 is 21.9 Å². The molecule has 1 atom stereocenters. The molecule has 0 spiro atoms. The SMILES string of the molecule is NC(CC(=O)O)c1cccc(Br)c1OCC1CC1. The molecule has 0 heterocycles. The third-order valence-corrected chi connectivity index (χ3v) is 3.58. The highest BCUT2D eigenvalue weighted by Crippen LogP contribution is 2.36. The second-order valence-corrected chi connectivity index (χ2v) is 5.47. The van der Waals surface area contributed by atoms with Gasteiger partial charge in [-0.15, -0.1) is 0 Å². The maximum atomic E-state index is 10.7. The highest BCUT2D eigenvalue weighted by atomic mass is 79.9. The van der Waals surface area contributed by atoms with Gasteiger partial charge < -0.3 is 15.6 Å². The van der Waals surface area contributed by atoms with Gasteiger partial charge in [0.25, 0.3) is 0 Å². The Bertz CT molecular complexity index is 446. The van der Waals surface area contributed by atoms with Gasteiger partial charge in [0.15, 0.2) is 0 Å². The summed E-state index contributed by atoms with van der Waals surface area (Å²) < 4.78 is 6.60. The molecule has 1 aromatic rings. The summed E-state index contributed by atoms with van der Waals surface area (Å²) in [5.74, 6) is 0.412. The van der Waals surface area contributed by atoms with E-state index in [1.807, 2.05) is 18.2 Å². The summed E-state index contributed by atoms with van der Waals surface area (Å²) in [6.07, 6.45) is 2.32. The van der Waals surface area contributed by atoms with Gasteiger partial charge in [0.2, 0.25) is 0 Å². The third-order valence-electron chi connectivity index (χ3n) is 2.95. The van der Waals surface area contributed by atoms with Gasteiger partial charge in [-0.25, -0.2) is 0 Å². The van der Waals surface area contributed by atoms with E-state index in [1.54, 1.807) is 0 Å². The summed E-state index contributed by atoms with van der Waals surface area (Å²) in [7, 11) is 0. The van der Waals surface area contributed by atoms with Crippen LogP contribution in [0, 0.1) is 5.92 Å². The first-order chi connectivity index (χ1) is 8.58. The van der Waals surface area contributed by atoms with Crippen LogP contribution in [0.3, 0.4) is 0 Å². The minimum atomic E-state index is -0.907. The van der Waals surface area contributed by atoms with Crippen molar-refractivity contribution in [3.8, 4) is 5.75 Å². The molecule has 1 aliphatic rings. The van der Waals surface area contributed by atoms with Crippen LogP contribution in [-0.4, -0.2) is 17.7 Å². The Hall–Kier alpha value is -1.07. The van der Waals surface area contributed by atoms with Gasteiger partial charge in [0.1, 0.15) is 5.75 Å². The van der Waals surface area contributed by atoms with E-state index < -0.39 is 12.0 Å². The Morgan fingerprint density at radius 1 is 1.56 bits per heavy atom. The number of hydrogen-bond acceptors (Lipinski definition) is 3. The van der Waals surface area contributed by atoms with E-state index >= 15 is 0 Å². The molecule has 2 rings (SSSR count). The fourth-order valence-electron chi connectivity index (χ4n) is 1.75. The predicted molar refractivity (Wildman–Crippen MR) is 71.5 cm³/mol. The molecular formula is C13H16BrNO3. The molecule has 1 aliphatic carbocycles. The first-order valence-corrected chi connectivity index (χ1v) is 6.76. The lowest BCUT2D eigenvalue weighted by atomic mass is 10.0. The number of nitrogens with two attached hydrogens (primary N) is 1. The lowest BCUT2D eigenvalue weighted by Gasteiger charge is -2.17. The van der Waals surface area contributed by atoms with Crippen LogP contribution < -0.4 is 10.5 Å². The van der Waals surface area contributed by atoms with Gasteiger partial charge in [0.05, 0.1) is 17.5 Å². The van der Waals surface area contributed by atoms with Crippen molar-refractivity contribution in [2.24, 2.45) is 11.7 Å². The second-order valence-electron chi connectivity index (χ2n) is 4.62. The molecule has 1 aromatic carbocycles. The van der Waals surface area contributed by atoms with Crippen molar-refractivity contribution in [1.82, 2.24) is 0 Å². The molecule has 0 bridgehead atoms. The average Bonchev–Trinajstić information content (AvgIpc) is 3.10. The van der Waals surface area contributed by atoms with E-state index in [1.165, 1.54) is 12.8 Å². The standard InChI is InChI=1S/C13H16BrNO3/c14-10-3-1-2-9(11(15)6-12(16)17)13(10)18-7-8-4-5-8/h1-3,8,11H,4-7,15H2,(H,16,17). The number of carboxylic acids is 1. The Kier molecular flexibility index (Phi) is 4.24. The van der Waals surface area contributed by atoms with E-state index in [0.717, 1.165) is 10.0 Å². The van der Waals surface area contributed by atoms with Gasteiger partial charge in [-0.05, 0) is 40.8 Å². The molecule has 5 heteroatoms. The van der Waals surface area contributed by atoms with Crippen molar-refractivity contribution in [2.75, 3.05) is 6.61 Å². The van der Waals surface area contributed by atoms with Crippen molar-refractivity contribution in [2.45, 2.75) is 25.3 Å². The molecule has 0 aliphatic heterocycles. The number of carboxylic acid groups (broad SMARTS) is 1. The minimum Gasteiger partial charge on any atom is -0.492 e. The van der Waals surface area contributed by atoms with Crippen LogP contribution in [0.2, 0.25) is 0 Å². The van der Waals surface area contributed by atoms with Gasteiger partial charge in [-0.3, -0.25) is 4.79 Å². The zero-order valence-electron chi connectivity index (χ0n) is 9.93. The first-order valence-electron chi connectivity index (χ1n) is 5.96. The molecule has 0 aromatic heterocycles. The number of aliphatic carboxylic acids is 1. The van der Waals surface area contributed by atoms with Crippen molar-refractivity contribution in [3.63, 3.8) is 0 Å². The fourth-order valence-corrected chi connectivity index (χ4v) is 2.25. The topological polar surface area (TPSA) is 72.6 Å². The third kappa shape index (κ3) is 3.46. The molecule has 18 heavy (non-hydrogen) atoms. The van der Waals surface area contributed by atoms with Crippen LogP contribution in [0.4, 0.5) is 0 Å². The molecule has 3 N–H and O–H groups in total. The summed E-state index contributed by atoms with van der Waals surface area (Å²) in [5, 5.41) is 8.80. The van der Waals surface area contributed by atoms with Crippen LogP contribution in [0.15, 0.2) is 22.7 Å². The molecular weight excluding hydrogens is 298 g/mol. The predicted octanol–water partition coefficient (Wildman–Crippen LogP) is 2.71. The second kappa shape index (κ2) is 5.71. The zero-order chi connectivity index (χ0) is 13.1. The van der Waals surface area contributed by atoms with Gasteiger partial charge in [-0.1, -0.05) is 12.1 Å². The highest BCUT2D eigenvalue weighted by molar-refractivity contribution is 9.10. The van der Waals surface area contributed by atoms with E-state index in [0.29, 0.717) is 18.3 Å². The van der Waals surface area contributed by atoms with Crippen LogP contribution in [0.5, 0.6) is 5.75 Å². The maximum absolute atomic E-state index is 10.7. The van der Waals surface area contributed by atoms with Gasteiger partial charge in [0, 0.05) is 11.6 Å². The number of para-hydroxylation sites is 1. The van der Waals surface area contributed by atoms with Crippen LogP contribution >= 0.6 is 15.9 Å². The van der Waals surface area contributed by atoms with E-state index in [9.17, 15) is 4.79 Å². The zero-order valence-corrected chi connectivity index (χ0v) is 11.5. The summed E-state index contributed by atoms with van der Waals surface area (Å²) >= 11 is 3.42. The number of rotatable bonds is 6. The summed E-state index contributed by atoms with van der Waals surface area (Å²) in [6, 6.07) is 4.99. The number of carbonyl (C=O) groups is 1. The fraction of sp³-hybridized carbons (Fsp3) is 0.462. The Balaban J connectivity index is 2.15. The smallest absolute Gasteiger partial charge is 0.305 e. The molecule has 1 saturated carbocycles. The van der Waals surface area contributed by atoms with E-state index in [-0.39, 0.29) is 6.42 Å². The molecule has 98 valence electrons. The lowest BCUT2D eigenvalue weighted by molar-refractivity contribution is -0.137. The Morgan fingerprint density at radius 3 is 2.89 bits per heavy atom. The van der Waals surface area contributed by atoms with Crippen molar-refractivity contribution in [3.05, 3.63) is 28.2 Å². The molecule has 0 amide bonds. The van der Waals surface area contributed by atoms with E-state index in [2.05, 4.69) is 15.9 Å². The Labute approximate surface area is 114 Å². The monoisotopic (exact) mass is 313 g/mol. The summed E-state index contributed by atoms with van der Waals surface area (Å²) in [4.78, 5) is 10.7. The van der Waals surface area contributed by atoms with Crippen molar-refractivity contribution < 1.29 is 14.6 Å². The molecule has 1 unspecified atom stereocenters. The number of ether oxygens (including phenoxy) is 1. The number of hydrogen-bond donors (Lipinski definition) is 2. The van der Waals surface area contributed by atoms with Gasteiger partial charge in [-0.2, -0.15) is 0 Å². The molecule has 1 fully saturated rings.